The van der Waals surface area contributed by atoms with Gasteiger partial charge in [-0.2, -0.15) is 0 Å². The summed E-state index contributed by atoms with van der Waals surface area (Å²) < 4.78 is 10.3. The molecule has 1 aromatic carbocycles. The SMILES string of the molecule is CCOC(=O)c1[nH]c2ccc(OC)cc2c1CC(N)CCC(=O)O. The van der Waals surface area contributed by atoms with Gasteiger partial charge in [-0.25, -0.2) is 4.79 Å². The van der Waals surface area contributed by atoms with Gasteiger partial charge in [-0.1, -0.05) is 0 Å². The van der Waals surface area contributed by atoms with E-state index in [1.54, 1.807) is 20.1 Å². The van der Waals surface area contributed by atoms with Gasteiger partial charge in [-0.15, -0.1) is 0 Å². The Labute approximate surface area is 139 Å². The highest BCUT2D eigenvalue weighted by Crippen LogP contribution is 2.28. The zero-order chi connectivity index (χ0) is 17.7. The van der Waals surface area contributed by atoms with E-state index in [1.807, 2.05) is 12.1 Å². The third-order valence-corrected chi connectivity index (χ3v) is 3.79. The van der Waals surface area contributed by atoms with E-state index >= 15 is 0 Å². The predicted octanol–water partition coefficient (Wildman–Crippen LogP) is 2.09. The van der Waals surface area contributed by atoms with Gasteiger partial charge in [0.05, 0.1) is 13.7 Å². The lowest BCUT2D eigenvalue weighted by Gasteiger charge is -2.11. The highest BCUT2D eigenvalue weighted by molar-refractivity contribution is 5.98. The van der Waals surface area contributed by atoms with Crippen molar-refractivity contribution in [3.05, 3.63) is 29.5 Å². The molecule has 0 saturated heterocycles. The molecule has 0 fully saturated rings. The largest absolute Gasteiger partial charge is 0.497 e. The average Bonchev–Trinajstić information content (AvgIpc) is 2.91. The molecule has 7 nitrogen and oxygen atoms in total. The van der Waals surface area contributed by atoms with Gasteiger partial charge in [-0.05, 0) is 43.5 Å². The molecule has 0 aliphatic carbocycles. The third-order valence-electron chi connectivity index (χ3n) is 3.79. The van der Waals surface area contributed by atoms with E-state index in [-0.39, 0.29) is 19.1 Å². The van der Waals surface area contributed by atoms with Crippen LogP contribution in [0.5, 0.6) is 5.75 Å². The number of esters is 1. The first-order chi connectivity index (χ1) is 11.5. The Bertz CT molecular complexity index is 738. The number of aromatic nitrogens is 1. The molecule has 1 heterocycles. The lowest BCUT2D eigenvalue weighted by atomic mass is 9.99. The number of ether oxygens (including phenoxy) is 2. The molecule has 0 radical (unpaired) electrons. The van der Waals surface area contributed by atoms with Crippen LogP contribution in [0.4, 0.5) is 0 Å². The van der Waals surface area contributed by atoms with E-state index in [1.165, 1.54) is 0 Å². The number of carbonyl (C=O) groups is 2. The number of hydrogen-bond donors (Lipinski definition) is 3. The van der Waals surface area contributed by atoms with Crippen molar-refractivity contribution in [2.45, 2.75) is 32.2 Å². The number of benzene rings is 1. The predicted molar refractivity (Wildman–Crippen MR) is 89.4 cm³/mol. The Hall–Kier alpha value is -2.54. The Morgan fingerprint density at radius 2 is 2.12 bits per heavy atom. The zero-order valence-corrected chi connectivity index (χ0v) is 13.8. The van der Waals surface area contributed by atoms with Crippen LogP contribution in [0.2, 0.25) is 0 Å². The minimum absolute atomic E-state index is 0.0123. The van der Waals surface area contributed by atoms with Crippen molar-refractivity contribution < 1.29 is 24.2 Å². The molecule has 0 aliphatic heterocycles. The molecule has 7 heteroatoms. The maximum atomic E-state index is 12.2. The van der Waals surface area contributed by atoms with Crippen molar-refractivity contribution >= 4 is 22.8 Å². The maximum Gasteiger partial charge on any atom is 0.355 e. The summed E-state index contributed by atoms with van der Waals surface area (Å²) in [6, 6.07) is 5.07. The Morgan fingerprint density at radius 3 is 2.75 bits per heavy atom. The third kappa shape index (κ3) is 4.05. The van der Waals surface area contributed by atoms with Gasteiger partial charge in [0.25, 0.3) is 0 Å². The lowest BCUT2D eigenvalue weighted by Crippen LogP contribution is -2.25. The number of rotatable bonds is 8. The van der Waals surface area contributed by atoms with Gasteiger partial charge in [0.1, 0.15) is 11.4 Å². The smallest absolute Gasteiger partial charge is 0.355 e. The van der Waals surface area contributed by atoms with Gasteiger partial charge in [0, 0.05) is 23.4 Å². The van der Waals surface area contributed by atoms with Crippen LogP contribution in [-0.2, 0) is 16.0 Å². The van der Waals surface area contributed by atoms with E-state index in [0.29, 0.717) is 24.3 Å². The number of fused-ring (bicyclic) bond motifs is 1. The fourth-order valence-electron chi connectivity index (χ4n) is 2.62. The van der Waals surface area contributed by atoms with Crippen LogP contribution < -0.4 is 10.5 Å². The molecule has 0 aliphatic rings. The minimum atomic E-state index is -0.892. The van der Waals surface area contributed by atoms with Crippen molar-refractivity contribution in [2.75, 3.05) is 13.7 Å². The van der Waals surface area contributed by atoms with Gasteiger partial charge in [0.2, 0.25) is 0 Å². The molecule has 2 rings (SSSR count). The lowest BCUT2D eigenvalue weighted by molar-refractivity contribution is -0.137. The normalized spacial score (nSPS) is 12.1. The summed E-state index contributed by atoms with van der Waals surface area (Å²) in [6.07, 6.45) is 0.685. The monoisotopic (exact) mass is 334 g/mol. The second-order valence-corrected chi connectivity index (χ2v) is 5.51. The average molecular weight is 334 g/mol. The summed E-state index contributed by atoms with van der Waals surface area (Å²) in [5.41, 5.74) is 7.91. The molecule has 0 amide bonds. The zero-order valence-electron chi connectivity index (χ0n) is 13.8. The topological polar surface area (TPSA) is 115 Å². The summed E-state index contributed by atoms with van der Waals surface area (Å²) in [7, 11) is 1.57. The molecule has 1 unspecified atom stereocenters. The summed E-state index contributed by atoms with van der Waals surface area (Å²) in [6.45, 7) is 2.00. The highest BCUT2D eigenvalue weighted by Gasteiger charge is 2.21. The Kier molecular flexibility index (Phi) is 5.81. The standard InChI is InChI=1S/C17H22N2O5/c1-3-24-17(22)16-13(8-10(18)4-7-15(20)21)12-9-11(23-2)5-6-14(12)19-16/h5-6,9-10,19H,3-4,7-8,18H2,1-2H3,(H,20,21). The number of carboxylic acids is 1. The Balaban J connectivity index is 2.39. The Morgan fingerprint density at radius 1 is 1.38 bits per heavy atom. The molecule has 1 aromatic heterocycles. The van der Waals surface area contributed by atoms with Crippen molar-refractivity contribution in [2.24, 2.45) is 5.73 Å². The van der Waals surface area contributed by atoms with Crippen LogP contribution in [0.1, 0.15) is 35.8 Å². The summed E-state index contributed by atoms with van der Waals surface area (Å²) in [4.78, 5) is 26.0. The molecule has 130 valence electrons. The molecule has 4 N–H and O–H groups in total. The second-order valence-electron chi connectivity index (χ2n) is 5.51. The molecule has 0 saturated carbocycles. The summed E-state index contributed by atoms with van der Waals surface area (Å²) >= 11 is 0. The minimum Gasteiger partial charge on any atom is -0.497 e. The van der Waals surface area contributed by atoms with E-state index in [4.69, 9.17) is 20.3 Å². The second kappa shape index (κ2) is 7.83. The highest BCUT2D eigenvalue weighted by atomic mass is 16.5. The number of nitrogens with one attached hydrogen (secondary N) is 1. The van der Waals surface area contributed by atoms with E-state index in [0.717, 1.165) is 16.5 Å². The maximum absolute atomic E-state index is 12.2. The molecule has 2 aromatic rings. The first-order valence-corrected chi connectivity index (χ1v) is 7.79. The van der Waals surface area contributed by atoms with Gasteiger partial charge in [-0.3, -0.25) is 4.79 Å². The fourth-order valence-corrected chi connectivity index (χ4v) is 2.62. The number of nitrogens with two attached hydrogens (primary N) is 1. The number of methoxy groups -OCH3 is 1. The first kappa shape index (κ1) is 17.8. The van der Waals surface area contributed by atoms with E-state index < -0.39 is 11.9 Å². The molecule has 0 bridgehead atoms. The number of aromatic amines is 1. The van der Waals surface area contributed by atoms with Crippen LogP contribution in [0.15, 0.2) is 18.2 Å². The summed E-state index contributed by atoms with van der Waals surface area (Å²) in [5, 5.41) is 9.61. The van der Waals surface area contributed by atoms with Gasteiger partial charge < -0.3 is 25.3 Å². The van der Waals surface area contributed by atoms with Crippen molar-refractivity contribution in [1.29, 1.82) is 0 Å². The van der Waals surface area contributed by atoms with Gasteiger partial charge in [0.15, 0.2) is 0 Å². The fraction of sp³-hybridized carbons (Fsp3) is 0.412. The van der Waals surface area contributed by atoms with E-state index in [9.17, 15) is 9.59 Å². The molecular formula is C17H22N2O5. The van der Waals surface area contributed by atoms with Crippen molar-refractivity contribution in [1.82, 2.24) is 4.98 Å². The van der Waals surface area contributed by atoms with Crippen molar-refractivity contribution in [3.63, 3.8) is 0 Å². The van der Waals surface area contributed by atoms with Crippen molar-refractivity contribution in [3.8, 4) is 5.75 Å². The van der Waals surface area contributed by atoms with Crippen LogP contribution in [-0.4, -0.2) is 41.8 Å². The van der Waals surface area contributed by atoms with E-state index in [2.05, 4.69) is 4.98 Å². The number of carbonyl (C=O) groups excluding carboxylic acids is 1. The molecular weight excluding hydrogens is 312 g/mol. The summed E-state index contributed by atoms with van der Waals surface area (Å²) in [5.74, 6) is -0.679. The van der Waals surface area contributed by atoms with Gasteiger partial charge >= 0.3 is 11.9 Å². The number of aliphatic carboxylic acids is 1. The quantitative estimate of drug-likeness (QED) is 0.637. The number of H-pyrrole nitrogens is 1. The van der Waals surface area contributed by atoms with Crippen LogP contribution in [0, 0.1) is 0 Å². The van der Waals surface area contributed by atoms with Crippen LogP contribution in [0.25, 0.3) is 10.9 Å². The van der Waals surface area contributed by atoms with Crippen LogP contribution >= 0.6 is 0 Å². The first-order valence-electron chi connectivity index (χ1n) is 7.79. The molecule has 24 heavy (non-hydrogen) atoms. The molecule has 1 atom stereocenters. The number of carboxylic acid groups (broad SMARTS) is 1. The molecule has 0 spiro atoms. The van der Waals surface area contributed by atoms with Crippen LogP contribution in [0.3, 0.4) is 0 Å². The number of hydrogen-bond acceptors (Lipinski definition) is 5.